The van der Waals surface area contributed by atoms with Crippen LogP contribution in [0.1, 0.15) is 18.1 Å². The van der Waals surface area contributed by atoms with Crippen molar-refractivity contribution in [1.29, 1.82) is 0 Å². The highest BCUT2D eigenvalue weighted by molar-refractivity contribution is 5.80. The van der Waals surface area contributed by atoms with Gasteiger partial charge in [0.05, 0.1) is 20.6 Å². The van der Waals surface area contributed by atoms with Crippen molar-refractivity contribution in [2.24, 2.45) is 0 Å². The van der Waals surface area contributed by atoms with Crippen molar-refractivity contribution >= 4 is 5.91 Å². The number of hydrogen-bond acceptors (Lipinski definition) is 3. The van der Waals surface area contributed by atoms with Crippen molar-refractivity contribution < 1.29 is 14.3 Å². The zero-order valence-corrected chi connectivity index (χ0v) is 11.2. The predicted molar refractivity (Wildman–Crippen MR) is 69.2 cm³/mol. The van der Waals surface area contributed by atoms with Gasteiger partial charge in [-0.25, -0.2) is 0 Å². The number of methoxy groups -OCH3 is 2. The molecule has 0 fully saturated rings. The highest BCUT2D eigenvalue weighted by atomic mass is 16.5. The summed E-state index contributed by atoms with van der Waals surface area (Å²) in [6, 6.07) is 3.91. The molecule has 0 saturated heterocycles. The maximum absolute atomic E-state index is 12.0. The van der Waals surface area contributed by atoms with E-state index in [1.165, 1.54) is 5.56 Å². The van der Waals surface area contributed by atoms with E-state index in [4.69, 9.17) is 9.47 Å². The summed E-state index contributed by atoms with van der Waals surface area (Å²) in [6.45, 7) is 3.55. The molecule has 1 aliphatic heterocycles. The third-order valence-electron chi connectivity index (χ3n) is 3.43. The third-order valence-corrected chi connectivity index (χ3v) is 3.43. The largest absolute Gasteiger partial charge is 0.493 e. The average Bonchev–Trinajstić information content (AvgIpc) is 2.54. The lowest BCUT2D eigenvalue weighted by Crippen LogP contribution is -2.31. The Morgan fingerprint density at radius 3 is 2.33 bits per heavy atom. The number of carbonyl (C=O) groups excluding carboxylic acids is 1. The van der Waals surface area contributed by atoms with E-state index in [1.807, 2.05) is 24.0 Å². The summed E-state index contributed by atoms with van der Waals surface area (Å²) in [5.74, 6) is 1.60. The summed E-state index contributed by atoms with van der Waals surface area (Å²) >= 11 is 0. The van der Waals surface area contributed by atoms with E-state index in [-0.39, 0.29) is 5.91 Å². The van der Waals surface area contributed by atoms with E-state index in [2.05, 4.69) is 0 Å². The lowest BCUT2D eigenvalue weighted by atomic mass is 10.0. The second-order valence-electron chi connectivity index (χ2n) is 4.38. The van der Waals surface area contributed by atoms with Crippen LogP contribution >= 0.6 is 0 Å². The lowest BCUT2D eigenvalue weighted by Gasteiger charge is -2.17. The minimum absolute atomic E-state index is 0.184. The predicted octanol–water partition coefficient (Wildman–Crippen LogP) is 1.65. The van der Waals surface area contributed by atoms with Crippen LogP contribution in [-0.4, -0.2) is 38.1 Å². The summed E-state index contributed by atoms with van der Waals surface area (Å²) in [4.78, 5) is 13.9. The molecule has 0 atom stereocenters. The van der Waals surface area contributed by atoms with E-state index >= 15 is 0 Å². The number of ether oxygens (including phenoxy) is 2. The Morgan fingerprint density at radius 2 is 1.78 bits per heavy atom. The van der Waals surface area contributed by atoms with Crippen LogP contribution < -0.4 is 9.47 Å². The van der Waals surface area contributed by atoms with Gasteiger partial charge >= 0.3 is 0 Å². The molecule has 1 aromatic rings. The molecule has 18 heavy (non-hydrogen) atoms. The summed E-state index contributed by atoms with van der Waals surface area (Å²) in [5, 5.41) is 0. The Hall–Kier alpha value is -1.71. The molecule has 1 aliphatic rings. The molecule has 0 unspecified atom stereocenters. The highest BCUT2D eigenvalue weighted by Crippen LogP contribution is 2.32. The first-order valence-corrected chi connectivity index (χ1v) is 6.21. The Balaban J connectivity index is 2.38. The average molecular weight is 249 g/mol. The van der Waals surface area contributed by atoms with Crippen LogP contribution in [0.25, 0.3) is 0 Å². The molecule has 4 heteroatoms. The van der Waals surface area contributed by atoms with Crippen molar-refractivity contribution in [1.82, 2.24) is 4.90 Å². The fourth-order valence-electron chi connectivity index (χ4n) is 2.35. The summed E-state index contributed by atoms with van der Waals surface area (Å²) < 4.78 is 10.6. The van der Waals surface area contributed by atoms with Crippen LogP contribution in [-0.2, 0) is 17.6 Å². The molecular weight excluding hydrogens is 230 g/mol. The van der Waals surface area contributed by atoms with E-state index in [0.29, 0.717) is 12.2 Å². The monoisotopic (exact) mass is 249 g/mol. The molecule has 1 amide bonds. The van der Waals surface area contributed by atoms with Gasteiger partial charge in [-0.15, -0.1) is 0 Å². The highest BCUT2D eigenvalue weighted by Gasteiger charge is 2.21. The van der Waals surface area contributed by atoms with Crippen LogP contribution in [0.15, 0.2) is 12.1 Å². The van der Waals surface area contributed by atoms with Crippen molar-refractivity contribution in [3.8, 4) is 11.5 Å². The van der Waals surface area contributed by atoms with E-state index in [1.54, 1.807) is 14.2 Å². The number of benzene rings is 1. The van der Waals surface area contributed by atoms with E-state index in [9.17, 15) is 4.79 Å². The molecule has 0 aromatic heterocycles. The topological polar surface area (TPSA) is 38.8 Å². The van der Waals surface area contributed by atoms with Gasteiger partial charge < -0.3 is 14.4 Å². The zero-order valence-electron chi connectivity index (χ0n) is 11.2. The number of fused-ring (bicyclic) bond motifs is 1. The zero-order chi connectivity index (χ0) is 13.1. The van der Waals surface area contributed by atoms with Gasteiger partial charge in [0.15, 0.2) is 11.5 Å². The van der Waals surface area contributed by atoms with Crippen molar-refractivity contribution in [3.63, 3.8) is 0 Å². The normalized spacial score (nSPS) is 15.1. The Bertz CT molecular complexity index is 457. The number of rotatable bonds is 3. The summed E-state index contributed by atoms with van der Waals surface area (Å²) in [5.41, 5.74) is 2.23. The SMILES string of the molecule is CCN1CCc2cc(OC)c(OC)cc2CC1=O. The number of hydrogen-bond donors (Lipinski definition) is 0. The molecule has 98 valence electrons. The molecule has 0 saturated carbocycles. The van der Waals surface area contributed by atoms with Crippen molar-refractivity contribution in [2.45, 2.75) is 19.8 Å². The molecule has 0 radical (unpaired) electrons. The first-order chi connectivity index (χ1) is 8.69. The minimum atomic E-state index is 0.184. The van der Waals surface area contributed by atoms with Crippen LogP contribution in [0.2, 0.25) is 0 Å². The summed E-state index contributed by atoms with van der Waals surface area (Å²) in [6.07, 6.45) is 1.32. The molecule has 0 bridgehead atoms. The molecular formula is C14H19NO3. The van der Waals surface area contributed by atoms with Gasteiger partial charge in [-0.2, -0.15) is 0 Å². The van der Waals surface area contributed by atoms with Gasteiger partial charge in [0, 0.05) is 13.1 Å². The van der Waals surface area contributed by atoms with Crippen LogP contribution in [0.4, 0.5) is 0 Å². The molecule has 0 N–H and O–H groups in total. The van der Waals surface area contributed by atoms with Crippen LogP contribution in [0.5, 0.6) is 11.5 Å². The smallest absolute Gasteiger partial charge is 0.227 e. The molecule has 1 heterocycles. The standard InChI is InChI=1S/C14H19NO3/c1-4-15-6-5-10-7-12(17-2)13(18-3)8-11(10)9-14(15)16/h7-8H,4-6,9H2,1-3H3. The number of carbonyl (C=O) groups is 1. The second kappa shape index (κ2) is 5.29. The van der Waals surface area contributed by atoms with Crippen LogP contribution in [0, 0.1) is 0 Å². The minimum Gasteiger partial charge on any atom is -0.493 e. The van der Waals surface area contributed by atoms with Gasteiger partial charge in [0.2, 0.25) is 5.91 Å². The molecule has 4 nitrogen and oxygen atoms in total. The molecule has 1 aromatic carbocycles. The fraction of sp³-hybridized carbons (Fsp3) is 0.500. The maximum atomic E-state index is 12.0. The Kier molecular flexibility index (Phi) is 3.75. The third kappa shape index (κ3) is 2.28. The van der Waals surface area contributed by atoms with E-state index in [0.717, 1.165) is 30.8 Å². The maximum Gasteiger partial charge on any atom is 0.227 e. The first-order valence-electron chi connectivity index (χ1n) is 6.21. The molecule has 0 spiro atoms. The number of amides is 1. The van der Waals surface area contributed by atoms with Gasteiger partial charge in [0.1, 0.15) is 0 Å². The second-order valence-corrected chi connectivity index (χ2v) is 4.38. The fourth-order valence-corrected chi connectivity index (χ4v) is 2.35. The van der Waals surface area contributed by atoms with Crippen LogP contribution in [0.3, 0.4) is 0 Å². The Morgan fingerprint density at radius 1 is 1.17 bits per heavy atom. The summed E-state index contributed by atoms with van der Waals surface area (Å²) in [7, 11) is 3.24. The molecule has 0 aliphatic carbocycles. The van der Waals surface area contributed by atoms with Crippen molar-refractivity contribution in [2.75, 3.05) is 27.3 Å². The van der Waals surface area contributed by atoms with Gasteiger partial charge in [0.25, 0.3) is 0 Å². The number of nitrogens with zero attached hydrogens (tertiary/aromatic N) is 1. The van der Waals surface area contributed by atoms with Gasteiger partial charge in [-0.3, -0.25) is 4.79 Å². The number of likely N-dealkylation sites (N-methyl/N-ethyl adjacent to an activating group) is 1. The van der Waals surface area contributed by atoms with Gasteiger partial charge in [-0.05, 0) is 36.6 Å². The molecule has 2 rings (SSSR count). The first kappa shape index (κ1) is 12.7. The van der Waals surface area contributed by atoms with E-state index < -0.39 is 0 Å². The van der Waals surface area contributed by atoms with Crippen molar-refractivity contribution in [3.05, 3.63) is 23.3 Å². The quantitative estimate of drug-likeness (QED) is 0.817. The van der Waals surface area contributed by atoms with Gasteiger partial charge in [-0.1, -0.05) is 0 Å². The lowest BCUT2D eigenvalue weighted by molar-refractivity contribution is -0.130. The Labute approximate surface area is 107 Å².